The topological polar surface area (TPSA) is 339 Å². The molecule has 6 amide bonds. The molecule has 0 bridgehead atoms. The number of carbonyl (C=O) groups is 6. The Morgan fingerprint density at radius 1 is 0.504 bits per heavy atom. The molecule has 0 unspecified atom stereocenters. The molecule has 658 valence electrons. The van der Waals surface area contributed by atoms with Crippen LogP contribution < -0.4 is 32.9 Å². The first-order chi connectivity index (χ1) is 60.2. The predicted molar refractivity (Wildman–Crippen MR) is 498 cm³/mol. The monoisotopic (exact) mass is 1820 g/mol. The number of nitrogens with one attached hydrogen (secondary N) is 3. The molecular formula is C95H103BBrCl2N17O11. The van der Waals surface area contributed by atoms with Crippen LogP contribution in [0.25, 0.3) is 55.5 Å². The number of fused-ring (bicyclic) bond motifs is 7. The van der Waals surface area contributed by atoms with Crippen molar-refractivity contribution < 1.29 is 52.3 Å². The van der Waals surface area contributed by atoms with Crippen LogP contribution in [0, 0.1) is 0 Å². The molecule has 0 aliphatic carbocycles. The van der Waals surface area contributed by atoms with E-state index in [0.29, 0.717) is 82.9 Å². The summed E-state index contributed by atoms with van der Waals surface area (Å²) in [6.07, 6.45) is 14.3. The number of rotatable bonds is 10. The number of nitrogen functional groups attached to an aromatic ring is 1. The molecule has 127 heavy (non-hydrogen) atoms. The summed E-state index contributed by atoms with van der Waals surface area (Å²) in [7, 11) is 5.69. The van der Waals surface area contributed by atoms with Gasteiger partial charge in [0.2, 0.25) is 0 Å². The minimum absolute atomic E-state index is 0.0514. The fourth-order valence-electron chi connectivity index (χ4n) is 14.8. The number of halogens is 3. The van der Waals surface area contributed by atoms with E-state index < -0.39 is 40.8 Å². The summed E-state index contributed by atoms with van der Waals surface area (Å²) < 4.78 is 35.0. The van der Waals surface area contributed by atoms with Crippen LogP contribution in [0.3, 0.4) is 0 Å². The van der Waals surface area contributed by atoms with Crippen molar-refractivity contribution in [1.29, 1.82) is 0 Å². The third kappa shape index (κ3) is 20.9. The van der Waals surface area contributed by atoms with Gasteiger partial charge in [0, 0.05) is 144 Å². The molecule has 1 saturated heterocycles. The Kier molecular flexibility index (Phi) is 27.5. The third-order valence-electron chi connectivity index (χ3n) is 21.7. The number of hydrogen-bond donors (Lipinski definition) is 5. The normalized spacial score (nSPS) is 14.5. The van der Waals surface area contributed by atoms with Crippen molar-refractivity contribution in [2.45, 2.75) is 170 Å². The van der Waals surface area contributed by atoms with Gasteiger partial charge < -0.3 is 64.6 Å². The maximum atomic E-state index is 12.9. The fraction of sp³-hybridized carbons (Fsp3) is 0.305. The van der Waals surface area contributed by atoms with Crippen molar-refractivity contribution in [3.8, 4) is 22.5 Å². The van der Waals surface area contributed by atoms with Crippen LogP contribution >= 0.6 is 39.1 Å². The number of aryl methyl sites for hydroxylation is 3. The van der Waals surface area contributed by atoms with Gasteiger partial charge in [-0.15, -0.1) is 0 Å². The molecule has 0 atom stereocenters. The number of benzene rings is 4. The van der Waals surface area contributed by atoms with E-state index in [1.54, 1.807) is 58.8 Å². The molecule has 14 heterocycles. The van der Waals surface area contributed by atoms with Crippen LogP contribution in [0.4, 0.5) is 31.4 Å². The molecular weight excluding hydrogens is 1720 g/mol. The number of carbonyl (C=O) groups excluding carboxylic acids is 6. The van der Waals surface area contributed by atoms with Crippen LogP contribution in [0.1, 0.15) is 166 Å². The molecule has 0 saturated carbocycles. The molecule has 0 radical (unpaired) electrons. The number of imide groups is 2. The first-order valence-electron chi connectivity index (χ1n) is 41.3. The summed E-state index contributed by atoms with van der Waals surface area (Å²) in [6, 6.07) is 46.4. The molecule has 9 aromatic heterocycles. The van der Waals surface area contributed by atoms with Gasteiger partial charge in [0.25, 0.3) is 17.7 Å². The quantitative estimate of drug-likeness (QED) is 0.0482. The minimum atomic E-state index is -0.692. The maximum Gasteiger partial charge on any atom is 0.495 e. The largest absolute Gasteiger partial charge is 0.495 e. The Morgan fingerprint density at radius 2 is 0.953 bits per heavy atom. The molecule has 1 fully saturated rings. The highest BCUT2D eigenvalue weighted by atomic mass is 79.9. The lowest BCUT2D eigenvalue weighted by atomic mass is 9.77. The summed E-state index contributed by atoms with van der Waals surface area (Å²) in [5, 5.41) is 13.2. The second kappa shape index (κ2) is 37.9. The number of nitrogens with zero attached hydrogens (tertiary/aromatic N) is 12. The van der Waals surface area contributed by atoms with E-state index in [9.17, 15) is 28.8 Å². The molecule has 7 N–H and O–H groups in total. The van der Waals surface area contributed by atoms with Gasteiger partial charge in [-0.25, -0.2) is 44.1 Å². The van der Waals surface area contributed by atoms with Crippen molar-refractivity contribution in [2.75, 3.05) is 16.4 Å². The van der Waals surface area contributed by atoms with E-state index in [4.69, 9.17) is 63.2 Å². The maximum absolute atomic E-state index is 12.9. The van der Waals surface area contributed by atoms with Gasteiger partial charge in [-0.1, -0.05) is 126 Å². The summed E-state index contributed by atoms with van der Waals surface area (Å²) in [6.45, 7) is 27.8. The van der Waals surface area contributed by atoms with E-state index in [2.05, 4.69) is 145 Å². The van der Waals surface area contributed by atoms with Gasteiger partial charge >= 0.3 is 25.4 Å². The van der Waals surface area contributed by atoms with E-state index in [1.165, 1.54) is 34.4 Å². The van der Waals surface area contributed by atoms with Gasteiger partial charge in [-0.05, 0) is 170 Å². The lowest BCUT2D eigenvalue weighted by Crippen LogP contribution is -2.41. The van der Waals surface area contributed by atoms with E-state index >= 15 is 0 Å². The number of amides is 6. The number of aromatic nitrogens is 9. The van der Waals surface area contributed by atoms with Crippen molar-refractivity contribution in [2.24, 2.45) is 26.9 Å². The van der Waals surface area contributed by atoms with Crippen LogP contribution in [-0.2, 0) is 97.0 Å². The molecule has 28 nitrogen and oxygen atoms in total. The van der Waals surface area contributed by atoms with Crippen molar-refractivity contribution in [3.05, 3.63) is 271 Å². The number of nitrogens with two attached hydrogens (primary N) is 2. The van der Waals surface area contributed by atoms with Gasteiger partial charge in [0.15, 0.2) is 0 Å². The van der Waals surface area contributed by atoms with Crippen LogP contribution in [0.5, 0.6) is 0 Å². The number of anilines is 3. The van der Waals surface area contributed by atoms with Gasteiger partial charge in [-0.3, -0.25) is 29.3 Å². The van der Waals surface area contributed by atoms with Crippen LogP contribution in [0.15, 0.2) is 200 Å². The van der Waals surface area contributed by atoms with Crippen molar-refractivity contribution in [1.82, 2.24) is 63.6 Å². The Labute approximate surface area is 756 Å². The Balaban J connectivity index is 0.000000135. The Hall–Kier alpha value is -12.6. The second-order valence-corrected chi connectivity index (χ2v) is 36.5. The standard InChI is InChI=1S/C27H29N5O2.C19H20ClN3O3.C15H20BNO2.C15H13N5O.C12H12BrClN2O3.C7H9N/c1-27(2,3)34-26(33)32-16-21-22(17-32)24(19-10-12-28-25-20(19)11-13-31(25)4)30-15-23(21)29-14-18-8-6-5-7-9-18;1-19(2,3)26-18(25)23-11-13-15(17(23)24)14(10-22-16(13)20)21-9-12-7-5-4-6-8-12;1-14(2)15(3,4)19-16(18-14)12-7-6-8-13-11(12)9-10-17(13)5;1-20-5-3-9-8(2-4-17-14(9)20)13-10-6-19-15(21)12(10)11(16)7-18-13;1-12(2,3)19-11(18)16-5-6-8(10(16)17)7(13)4-15-9(6)14;8-6-7-4-2-1-3-5-7/h5-13,15,29H,14,16-17H2,1-4H3;4-8,10,21H,9,11H2,1-3H3;6-10H,1-5H3;2-5,7H,6,16H2,1H3,(H,19,21);4H,5H2,1-3H3;1-5H,6,8H2. The zero-order valence-electron chi connectivity index (χ0n) is 73.9. The first kappa shape index (κ1) is 92.1. The van der Waals surface area contributed by atoms with Gasteiger partial charge in [-0.2, -0.15) is 0 Å². The molecule has 5 aliphatic heterocycles. The number of pyridine rings is 6. The average Bonchev–Trinajstić information content (AvgIpc) is 1.43. The molecule has 5 aliphatic rings. The highest BCUT2D eigenvalue weighted by molar-refractivity contribution is 9.10. The van der Waals surface area contributed by atoms with Crippen molar-refractivity contribution >= 4 is 138 Å². The first-order valence-corrected chi connectivity index (χ1v) is 42.9. The second-order valence-electron chi connectivity index (χ2n) is 34.9. The number of hydrogen-bond acceptors (Lipinski definition) is 21. The lowest BCUT2D eigenvalue weighted by Gasteiger charge is -2.32. The molecule has 4 aromatic carbocycles. The summed E-state index contributed by atoms with van der Waals surface area (Å²) >= 11 is 15.3. The summed E-state index contributed by atoms with van der Waals surface area (Å²) in [5.41, 5.74) is 27.1. The molecule has 13 aromatic rings. The van der Waals surface area contributed by atoms with Crippen LogP contribution in [0.2, 0.25) is 10.3 Å². The average molecular weight is 1820 g/mol. The van der Waals surface area contributed by atoms with E-state index in [-0.39, 0.29) is 53.7 Å². The van der Waals surface area contributed by atoms with Gasteiger partial charge in [0.05, 0.1) is 101 Å². The Bertz CT molecular complexity index is 6290. The summed E-state index contributed by atoms with van der Waals surface area (Å²) in [4.78, 5) is 104. The fourth-order valence-corrected chi connectivity index (χ4v) is 15.7. The van der Waals surface area contributed by atoms with Gasteiger partial charge in [0.1, 0.15) is 38.4 Å². The molecule has 0 spiro atoms. The smallest absolute Gasteiger partial charge is 0.444 e. The lowest BCUT2D eigenvalue weighted by molar-refractivity contribution is 0.00578. The highest BCUT2D eigenvalue weighted by Crippen LogP contribution is 2.42. The highest BCUT2D eigenvalue weighted by Gasteiger charge is 2.52. The number of ether oxygens (including phenoxy) is 3. The van der Waals surface area contributed by atoms with E-state index in [0.717, 1.165) is 87.8 Å². The zero-order chi connectivity index (χ0) is 91.4. The third-order valence-corrected chi connectivity index (χ3v) is 23.0. The SMILES string of the molecule is CC(C)(C)OC(=O)N1Cc2c(Cl)ncc(Br)c2C1=O.CC(C)(C)OC(=O)N1Cc2c(Cl)ncc(NCc3ccccc3)c2C1=O.Cn1ccc2c(-c3ncc(N)c4c3CNC4=O)ccnc21.Cn1ccc2c(-c3ncc(NCc4ccccc4)c4c3CN(C(=O)OC(C)(C)C)C4)ccnc21.Cn1ccc2c(B3OC(C)(C)C(C)(C)O3)cccc21.NCc1ccccc1. The molecule has 18 rings (SSSR count). The molecule has 32 heteroatoms. The Morgan fingerprint density at radius 3 is 1.46 bits per heavy atom. The minimum Gasteiger partial charge on any atom is -0.444 e. The van der Waals surface area contributed by atoms with Crippen molar-refractivity contribution in [3.63, 3.8) is 0 Å². The summed E-state index contributed by atoms with van der Waals surface area (Å²) in [5.74, 6) is -1.00. The zero-order valence-corrected chi connectivity index (χ0v) is 77.0. The predicted octanol–water partition coefficient (Wildman–Crippen LogP) is 18.2. The van der Waals surface area contributed by atoms with E-state index in [1.807, 2.05) is 166 Å². The van der Waals surface area contributed by atoms with Crippen LogP contribution in [-0.4, -0.2) is 129 Å².